The Hall–Kier alpha value is -1.15. The Bertz CT molecular complexity index is 361. The van der Waals surface area contributed by atoms with Gasteiger partial charge in [-0.25, -0.2) is 4.39 Å². The summed E-state index contributed by atoms with van der Waals surface area (Å²) in [5.74, 6) is -0.201. The van der Waals surface area contributed by atoms with E-state index in [-0.39, 0.29) is 11.2 Å². The lowest BCUT2D eigenvalue weighted by Crippen LogP contribution is -2.17. The van der Waals surface area contributed by atoms with Gasteiger partial charge in [-0.2, -0.15) is 0 Å². The highest BCUT2D eigenvalue weighted by Gasteiger charge is 2.15. The van der Waals surface area contributed by atoms with Gasteiger partial charge in [-0.05, 0) is 11.5 Å². The number of nitrogens with two attached hydrogens (primary N) is 1. The van der Waals surface area contributed by atoms with Crippen LogP contribution in [0.2, 0.25) is 0 Å². The van der Waals surface area contributed by atoms with Crippen LogP contribution < -0.4 is 5.73 Å². The van der Waals surface area contributed by atoms with Crippen molar-refractivity contribution in [2.75, 3.05) is 6.54 Å². The molecule has 82 valence electrons. The molecule has 1 aromatic carbocycles. The molecular weight excluding hydrogens is 189 g/mol. The van der Waals surface area contributed by atoms with Crippen LogP contribution in [0.3, 0.4) is 0 Å². The van der Waals surface area contributed by atoms with E-state index in [1.54, 1.807) is 12.1 Å². The van der Waals surface area contributed by atoms with Crippen LogP contribution in [-0.4, -0.2) is 6.54 Å². The second-order valence-electron chi connectivity index (χ2n) is 4.65. The second kappa shape index (κ2) is 4.58. The van der Waals surface area contributed by atoms with E-state index in [1.165, 1.54) is 6.07 Å². The molecule has 0 fully saturated rings. The summed E-state index contributed by atoms with van der Waals surface area (Å²) in [6, 6.07) is 6.73. The molecule has 0 amide bonds. The number of benzene rings is 1. The Morgan fingerprint density at radius 3 is 2.40 bits per heavy atom. The Kier molecular flexibility index (Phi) is 3.64. The highest BCUT2D eigenvalue weighted by molar-refractivity contribution is 5.55. The van der Waals surface area contributed by atoms with Crippen molar-refractivity contribution in [2.24, 2.45) is 11.1 Å². The van der Waals surface area contributed by atoms with Crippen LogP contribution in [0.4, 0.5) is 4.39 Å². The molecule has 1 aromatic rings. The highest BCUT2D eigenvalue weighted by atomic mass is 19.1. The average Bonchev–Trinajstić information content (AvgIpc) is 2.14. The summed E-state index contributed by atoms with van der Waals surface area (Å²) in [5, 5.41) is 0. The first-order chi connectivity index (χ1) is 6.95. The molecule has 0 aliphatic rings. The van der Waals surface area contributed by atoms with E-state index < -0.39 is 0 Å². The topological polar surface area (TPSA) is 26.0 Å². The maximum Gasteiger partial charge on any atom is 0.130 e. The maximum absolute atomic E-state index is 13.4. The number of hydrogen-bond acceptors (Lipinski definition) is 1. The zero-order valence-electron chi connectivity index (χ0n) is 9.55. The van der Waals surface area contributed by atoms with Crippen LogP contribution in [0.5, 0.6) is 0 Å². The van der Waals surface area contributed by atoms with Crippen molar-refractivity contribution in [2.45, 2.75) is 20.8 Å². The van der Waals surface area contributed by atoms with Gasteiger partial charge in [0.15, 0.2) is 0 Å². The average molecular weight is 207 g/mol. The third-order valence-electron chi connectivity index (χ3n) is 2.42. The molecule has 1 rings (SSSR count). The normalized spacial score (nSPS) is 13.0. The fourth-order valence-corrected chi connectivity index (χ4v) is 1.36. The Morgan fingerprint density at radius 1 is 1.33 bits per heavy atom. The first kappa shape index (κ1) is 11.9. The molecule has 0 bridgehead atoms. The molecule has 2 heteroatoms. The molecule has 0 radical (unpaired) electrons. The minimum absolute atomic E-state index is 0.0168. The largest absolute Gasteiger partial charge is 0.327 e. The lowest BCUT2D eigenvalue weighted by atomic mass is 9.85. The van der Waals surface area contributed by atoms with Gasteiger partial charge in [-0.3, -0.25) is 0 Å². The number of rotatable bonds is 2. The molecule has 0 saturated heterocycles. The van der Waals surface area contributed by atoms with Crippen molar-refractivity contribution < 1.29 is 4.39 Å². The lowest BCUT2D eigenvalue weighted by Gasteiger charge is -2.22. The molecule has 0 spiro atoms. The van der Waals surface area contributed by atoms with Gasteiger partial charge in [-0.1, -0.05) is 50.6 Å². The monoisotopic (exact) mass is 207 g/mol. The van der Waals surface area contributed by atoms with Gasteiger partial charge < -0.3 is 5.73 Å². The van der Waals surface area contributed by atoms with Crippen molar-refractivity contribution in [3.8, 4) is 0 Å². The molecule has 0 aliphatic heterocycles. The van der Waals surface area contributed by atoms with Crippen LogP contribution in [-0.2, 0) is 0 Å². The van der Waals surface area contributed by atoms with E-state index in [0.29, 0.717) is 12.1 Å². The molecule has 0 heterocycles. The number of hydrogen-bond donors (Lipinski definition) is 1. The SMILES string of the molecule is CC(C)(C)/C(=C/c1ccccc1F)CN. The van der Waals surface area contributed by atoms with Crippen LogP contribution in [0.1, 0.15) is 26.3 Å². The lowest BCUT2D eigenvalue weighted by molar-refractivity contribution is 0.499. The summed E-state index contributed by atoms with van der Waals surface area (Å²) >= 11 is 0. The standard InChI is InChI=1S/C13H18FN/c1-13(2,3)11(9-15)8-10-6-4-5-7-12(10)14/h4-8H,9,15H2,1-3H3/b11-8+. The summed E-state index contributed by atoms with van der Waals surface area (Å²) < 4.78 is 13.4. The Balaban J connectivity index is 3.10. The molecule has 2 N–H and O–H groups in total. The van der Waals surface area contributed by atoms with Gasteiger partial charge in [0, 0.05) is 12.1 Å². The quantitative estimate of drug-likeness (QED) is 0.791. The van der Waals surface area contributed by atoms with Gasteiger partial charge in [0.1, 0.15) is 5.82 Å². The van der Waals surface area contributed by atoms with Crippen molar-refractivity contribution in [3.63, 3.8) is 0 Å². The molecule has 0 aliphatic carbocycles. The molecule has 0 aromatic heterocycles. The van der Waals surface area contributed by atoms with Crippen LogP contribution in [0.15, 0.2) is 29.8 Å². The van der Waals surface area contributed by atoms with E-state index in [2.05, 4.69) is 20.8 Å². The van der Waals surface area contributed by atoms with Crippen LogP contribution in [0, 0.1) is 11.2 Å². The minimum Gasteiger partial charge on any atom is -0.327 e. The number of halogens is 1. The minimum atomic E-state index is -0.201. The molecule has 1 nitrogen and oxygen atoms in total. The van der Waals surface area contributed by atoms with Gasteiger partial charge >= 0.3 is 0 Å². The van der Waals surface area contributed by atoms with Crippen molar-refractivity contribution >= 4 is 6.08 Å². The van der Waals surface area contributed by atoms with E-state index in [0.717, 1.165) is 5.57 Å². The van der Waals surface area contributed by atoms with Gasteiger partial charge in [-0.15, -0.1) is 0 Å². The molecule has 15 heavy (non-hydrogen) atoms. The third kappa shape index (κ3) is 3.17. The van der Waals surface area contributed by atoms with E-state index in [9.17, 15) is 4.39 Å². The van der Waals surface area contributed by atoms with Crippen molar-refractivity contribution in [1.29, 1.82) is 0 Å². The predicted octanol–water partition coefficient (Wildman–Crippen LogP) is 3.21. The first-order valence-electron chi connectivity index (χ1n) is 5.11. The van der Waals surface area contributed by atoms with Gasteiger partial charge in [0.25, 0.3) is 0 Å². The van der Waals surface area contributed by atoms with Crippen molar-refractivity contribution in [3.05, 3.63) is 41.2 Å². The van der Waals surface area contributed by atoms with Gasteiger partial charge in [0.2, 0.25) is 0 Å². The molecular formula is C13H18FN. The first-order valence-corrected chi connectivity index (χ1v) is 5.11. The summed E-state index contributed by atoms with van der Waals surface area (Å²) in [7, 11) is 0. The molecule has 0 saturated carbocycles. The van der Waals surface area contributed by atoms with Crippen LogP contribution >= 0.6 is 0 Å². The summed E-state index contributed by atoms with van der Waals surface area (Å²) in [6.07, 6.45) is 1.84. The Morgan fingerprint density at radius 2 is 1.93 bits per heavy atom. The fraction of sp³-hybridized carbons (Fsp3) is 0.385. The summed E-state index contributed by atoms with van der Waals surface area (Å²) in [5.41, 5.74) is 7.30. The zero-order valence-corrected chi connectivity index (χ0v) is 9.55. The van der Waals surface area contributed by atoms with E-state index in [4.69, 9.17) is 5.73 Å². The Labute approximate surface area is 90.8 Å². The third-order valence-corrected chi connectivity index (χ3v) is 2.42. The van der Waals surface area contributed by atoms with Gasteiger partial charge in [0.05, 0.1) is 0 Å². The molecule has 0 unspecified atom stereocenters. The summed E-state index contributed by atoms with van der Waals surface area (Å²) in [4.78, 5) is 0. The summed E-state index contributed by atoms with van der Waals surface area (Å²) in [6.45, 7) is 6.68. The maximum atomic E-state index is 13.4. The second-order valence-corrected chi connectivity index (χ2v) is 4.65. The molecule has 0 atom stereocenters. The van der Waals surface area contributed by atoms with Crippen molar-refractivity contribution in [1.82, 2.24) is 0 Å². The zero-order chi connectivity index (χ0) is 11.5. The predicted molar refractivity (Wildman–Crippen MR) is 62.9 cm³/mol. The van der Waals surface area contributed by atoms with E-state index in [1.807, 2.05) is 12.1 Å². The highest BCUT2D eigenvalue weighted by Crippen LogP contribution is 2.26. The van der Waals surface area contributed by atoms with E-state index >= 15 is 0 Å². The fourth-order valence-electron chi connectivity index (χ4n) is 1.36. The van der Waals surface area contributed by atoms with Crippen LogP contribution in [0.25, 0.3) is 6.08 Å². The smallest absolute Gasteiger partial charge is 0.130 e.